The van der Waals surface area contributed by atoms with Crippen LogP contribution in [0.15, 0.2) is 30.3 Å². The van der Waals surface area contributed by atoms with Crippen LogP contribution in [0.5, 0.6) is 0 Å². The van der Waals surface area contributed by atoms with Crippen molar-refractivity contribution in [3.8, 4) is 0 Å². The fourth-order valence-electron chi connectivity index (χ4n) is 1.12. The van der Waals surface area contributed by atoms with Crippen molar-refractivity contribution in [2.75, 3.05) is 0 Å². The van der Waals surface area contributed by atoms with Gasteiger partial charge in [-0.05, 0) is 12.0 Å². The van der Waals surface area contributed by atoms with Crippen LogP contribution in [0, 0.1) is 0 Å². The molecule has 0 aliphatic carbocycles. The van der Waals surface area contributed by atoms with Crippen LogP contribution in [0.3, 0.4) is 0 Å². The zero-order chi connectivity index (χ0) is 8.81. The first-order chi connectivity index (χ1) is 5.83. The van der Waals surface area contributed by atoms with Crippen molar-refractivity contribution in [1.82, 2.24) is 0 Å². The molecule has 2 nitrogen and oxygen atoms in total. The van der Waals surface area contributed by atoms with Gasteiger partial charge in [0.05, 0.1) is 0 Å². The highest BCUT2D eigenvalue weighted by molar-refractivity contribution is 5.50. The van der Waals surface area contributed by atoms with Crippen molar-refractivity contribution in [1.29, 1.82) is 0 Å². The van der Waals surface area contributed by atoms with E-state index in [1.165, 1.54) is 5.56 Å². The van der Waals surface area contributed by atoms with Gasteiger partial charge in [0.25, 0.3) is 0 Å². The third-order valence-corrected chi connectivity index (χ3v) is 1.74. The predicted octanol–water partition coefficient (Wildman–Crippen LogP) is 1.15. The summed E-state index contributed by atoms with van der Waals surface area (Å²) in [5.74, 6) is 0. The molecule has 0 saturated carbocycles. The minimum atomic E-state index is -0.0371. The van der Waals surface area contributed by atoms with Crippen molar-refractivity contribution < 1.29 is 4.79 Å². The Morgan fingerprint density at radius 2 is 2.00 bits per heavy atom. The molecule has 0 radical (unpaired) electrons. The summed E-state index contributed by atoms with van der Waals surface area (Å²) < 4.78 is 0. The second-order valence-electron chi connectivity index (χ2n) is 2.85. The highest BCUT2D eigenvalue weighted by Crippen LogP contribution is 2.02. The molecule has 1 aromatic carbocycles. The molecule has 12 heavy (non-hydrogen) atoms. The van der Waals surface area contributed by atoms with E-state index in [4.69, 9.17) is 5.73 Å². The molecule has 1 atom stereocenters. The fraction of sp³-hybridized carbons (Fsp3) is 0.300. The molecular weight excluding hydrogens is 150 g/mol. The van der Waals surface area contributed by atoms with E-state index in [2.05, 4.69) is 0 Å². The molecule has 0 aromatic heterocycles. The predicted molar refractivity (Wildman–Crippen MR) is 48.8 cm³/mol. The molecule has 0 amide bonds. The van der Waals surface area contributed by atoms with Crippen molar-refractivity contribution >= 4 is 6.29 Å². The van der Waals surface area contributed by atoms with Gasteiger partial charge in [0, 0.05) is 12.5 Å². The Bertz CT molecular complexity index is 233. The number of benzene rings is 1. The summed E-state index contributed by atoms with van der Waals surface area (Å²) in [7, 11) is 0. The summed E-state index contributed by atoms with van der Waals surface area (Å²) in [6.45, 7) is 0. The maximum absolute atomic E-state index is 10.1. The van der Waals surface area contributed by atoms with Gasteiger partial charge in [0.15, 0.2) is 0 Å². The zero-order valence-electron chi connectivity index (χ0n) is 6.94. The summed E-state index contributed by atoms with van der Waals surface area (Å²) in [6.07, 6.45) is 2.09. The van der Waals surface area contributed by atoms with Gasteiger partial charge in [-0.15, -0.1) is 0 Å². The molecule has 0 aliphatic heterocycles. The second-order valence-corrected chi connectivity index (χ2v) is 2.85. The highest BCUT2D eigenvalue weighted by Gasteiger charge is 2.01. The van der Waals surface area contributed by atoms with Crippen molar-refractivity contribution in [3.63, 3.8) is 0 Å². The molecule has 0 bridgehead atoms. The minimum Gasteiger partial charge on any atom is -0.327 e. The molecule has 0 fully saturated rings. The molecule has 1 aromatic rings. The van der Waals surface area contributed by atoms with Crippen molar-refractivity contribution in [2.45, 2.75) is 18.9 Å². The van der Waals surface area contributed by atoms with Gasteiger partial charge in [0.2, 0.25) is 0 Å². The van der Waals surface area contributed by atoms with Crippen LogP contribution in [0.1, 0.15) is 12.0 Å². The lowest BCUT2D eigenvalue weighted by Crippen LogP contribution is -2.22. The zero-order valence-corrected chi connectivity index (χ0v) is 6.94. The Hall–Kier alpha value is -1.15. The summed E-state index contributed by atoms with van der Waals surface area (Å²) in [4.78, 5) is 10.1. The normalized spacial score (nSPS) is 12.4. The summed E-state index contributed by atoms with van der Waals surface area (Å²) in [5.41, 5.74) is 6.87. The topological polar surface area (TPSA) is 43.1 Å². The van der Waals surface area contributed by atoms with E-state index >= 15 is 0 Å². The smallest absolute Gasteiger partial charge is 0.121 e. The summed E-state index contributed by atoms with van der Waals surface area (Å²) in [6, 6.07) is 9.92. The highest BCUT2D eigenvalue weighted by atomic mass is 16.1. The number of carbonyl (C=O) groups excluding carboxylic acids is 1. The van der Waals surface area contributed by atoms with Gasteiger partial charge >= 0.3 is 0 Å². The number of aldehydes is 1. The maximum Gasteiger partial charge on any atom is 0.121 e. The molecule has 64 valence electrons. The molecular formula is C10H13NO. The van der Waals surface area contributed by atoms with Gasteiger partial charge in [-0.25, -0.2) is 0 Å². The minimum absolute atomic E-state index is 0.0371. The standard InChI is InChI=1S/C10H13NO/c11-10(6-7-12)8-9-4-2-1-3-5-9/h1-5,7,10H,6,8,11H2. The Morgan fingerprint density at radius 1 is 1.33 bits per heavy atom. The first-order valence-corrected chi connectivity index (χ1v) is 4.06. The summed E-state index contributed by atoms with van der Waals surface area (Å²) >= 11 is 0. The van der Waals surface area contributed by atoms with E-state index in [0.717, 1.165) is 12.7 Å². The van der Waals surface area contributed by atoms with Gasteiger partial charge in [-0.3, -0.25) is 0 Å². The first-order valence-electron chi connectivity index (χ1n) is 4.06. The number of hydrogen-bond acceptors (Lipinski definition) is 2. The lowest BCUT2D eigenvalue weighted by Gasteiger charge is -2.06. The lowest BCUT2D eigenvalue weighted by molar-refractivity contribution is -0.108. The van der Waals surface area contributed by atoms with Crippen LogP contribution in [0.2, 0.25) is 0 Å². The Balaban J connectivity index is 2.46. The molecule has 0 aliphatic rings. The largest absolute Gasteiger partial charge is 0.327 e. The van der Waals surface area contributed by atoms with Crippen LogP contribution >= 0.6 is 0 Å². The molecule has 0 saturated heterocycles. The Morgan fingerprint density at radius 3 is 2.58 bits per heavy atom. The van der Waals surface area contributed by atoms with Crippen LogP contribution in [-0.2, 0) is 11.2 Å². The molecule has 1 rings (SSSR count). The van der Waals surface area contributed by atoms with Gasteiger partial charge in [0.1, 0.15) is 6.29 Å². The van der Waals surface area contributed by atoms with Gasteiger partial charge in [-0.1, -0.05) is 30.3 Å². The third-order valence-electron chi connectivity index (χ3n) is 1.74. The van der Waals surface area contributed by atoms with Gasteiger partial charge < -0.3 is 10.5 Å². The number of hydrogen-bond donors (Lipinski definition) is 1. The number of rotatable bonds is 4. The van der Waals surface area contributed by atoms with E-state index in [1.807, 2.05) is 30.3 Å². The van der Waals surface area contributed by atoms with E-state index in [0.29, 0.717) is 6.42 Å². The monoisotopic (exact) mass is 163 g/mol. The fourth-order valence-corrected chi connectivity index (χ4v) is 1.12. The molecule has 2 N–H and O–H groups in total. The van der Waals surface area contributed by atoms with Gasteiger partial charge in [-0.2, -0.15) is 0 Å². The van der Waals surface area contributed by atoms with Crippen LogP contribution in [0.25, 0.3) is 0 Å². The lowest BCUT2D eigenvalue weighted by atomic mass is 10.1. The SMILES string of the molecule is NC(CC=O)Cc1ccccc1. The Labute approximate surface area is 72.4 Å². The molecule has 0 heterocycles. The molecule has 1 unspecified atom stereocenters. The van der Waals surface area contributed by atoms with E-state index in [1.54, 1.807) is 0 Å². The van der Waals surface area contributed by atoms with Crippen LogP contribution < -0.4 is 5.73 Å². The molecule has 2 heteroatoms. The third kappa shape index (κ3) is 2.84. The van der Waals surface area contributed by atoms with E-state index in [-0.39, 0.29) is 6.04 Å². The maximum atomic E-state index is 10.1. The average Bonchev–Trinajstić information content (AvgIpc) is 2.06. The quantitative estimate of drug-likeness (QED) is 0.676. The summed E-state index contributed by atoms with van der Waals surface area (Å²) in [5, 5.41) is 0. The second kappa shape index (κ2) is 4.67. The van der Waals surface area contributed by atoms with Crippen LogP contribution in [0.4, 0.5) is 0 Å². The van der Waals surface area contributed by atoms with Crippen molar-refractivity contribution in [3.05, 3.63) is 35.9 Å². The average molecular weight is 163 g/mol. The Kier molecular flexibility index (Phi) is 3.48. The first kappa shape index (κ1) is 8.94. The van der Waals surface area contributed by atoms with Crippen LogP contribution in [-0.4, -0.2) is 12.3 Å². The number of carbonyl (C=O) groups is 1. The number of nitrogens with two attached hydrogens (primary N) is 1. The van der Waals surface area contributed by atoms with E-state index in [9.17, 15) is 4.79 Å². The van der Waals surface area contributed by atoms with Crippen molar-refractivity contribution in [2.24, 2.45) is 5.73 Å². The molecule has 0 spiro atoms. The van der Waals surface area contributed by atoms with E-state index < -0.39 is 0 Å².